The summed E-state index contributed by atoms with van der Waals surface area (Å²) in [5.74, 6) is -0.427. The molecule has 2 aromatic carbocycles. The molecule has 0 saturated carbocycles. The molecule has 2 rings (SSSR count). The van der Waals surface area contributed by atoms with Crippen LogP contribution < -0.4 is 9.62 Å². The Kier molecular flexibility index (Phi) is 6.38. The van der Waals surface area contributed by atoms with Gasteiger partial charge in [0.15, 0.2) is 5.78 Å². The third-order valence-corrected chi connectivity index (χ3v) is 5.22. The molecule has 1 N–H and O–H groups in total. The van der Waals surface area contributed by atoms with Crippen LogP contribution in [0.15, 0.2) is 48.5 Å². The van der Waals surface area contributed by atoms with E-state index in [0.717, 1.165) is 16.1 Å². The van der Waals surface area contributed by atoms with Crippen molar-refractivity contribution in [1.82, 2.24) is 0 Å². The Hall–Kier alpha value is -2.67. The molecule has 6 nitrogen and oxygen atoms in total. The molecular weight excluding hydrogens is 364 g/mol. The minimum atomic E-state index is -3.65. The van der Waals surface area contributed by atoms with E-state index in [1.165, 1.54) is 6.92 Å². The molecule has 0 bridgehead atoms. The van der Waals surface area contributed by atoms with E-state index in [0.29, 0.717) is 16.9 Å². The number of ketones is 1. The van der Waals surface area contributed by atoms with Crippen molar-refractivity contribution in [3.63, 3.8) is 0 Å². The van der Waals surface area contributed by atoms with Crippen molar-refractivity contribution < 1.29 is 18.0 Å². The molecule has 0 aliphatic carbocycles. The van der Waals surface area contributed by atoms with E-state index in [1.54, 1.807) is 36.4 Å². The van der Waals surface area contributed by atoms with Crippen LogP contribution >= 0.6 is 0 Å². The van der Waals surface area contributed by atoms with E-state index in [9.17, 15) is 18.0 Å². The Balaban J connectivity index is 2.25. The van der Waals surface area contributed by atoms with Crippen molar-refractivity contribution in [2.45, 2.75) is 26.7 Å². The first kappa shape index (κ1) is 20.6. The Morgan fingerprint density at radius 2 is 1.63 bits per heavy atom. The van der Waals surface area contributed by atoms with Gasteiger partial charge in [0, 0.05) is 11.3 Å². The van der Waals surface area contributed by atoms with E-state index >= 15 is 0 Å². The van der Waals surface area contributed by atoms with E-state index < -0.39 is 15.9 Å². The zero-order valence-corrected chi connectivity index (χ0v) is 16.7. The highest BCUT2D eigenvalue weighted by molar-refractivity contribution is 7.92. The van der Waals surface area contributed by atoms with Crippen molar-refractivity contribution in [3.8, 4) is 0 Å². The summed E-state index contributed by atoms with van der Waals surface area (Å²) in [6.07, 6.45) is 1.08. The largest absolute Gasteiger partial charge is 0.325 e. The predicted octanol–water partition coefficient (Wildman–Crippen LogP) is 3.42. The Morgan fingerprint density at radius 3 is 2.15 bits per heavy atom. The first-order valence-corrected chi connectivity index (χ1v) is 10.4. The van der Waals surface area contributed by atoms with Crippen LogP contribution in [0.2, 0.25) is 0 Å². The normalized spacial score (nSPS) is 11.3. The molecule has 0 aliphatic heterocycles. The Bertz CT molecular complexity index is 935. The van der Waals surface area contributed by atoms with Crippen LogP contribution in [0, 0.1) is 0 Å². The molecule has 0 atom stereocenters. The van der Waals surface area contributed by atoms with E-state index in [-0.39, 0.29) is 18.2 Å². The van der Waals surface area contributed by atoms with Crippen molar-refractivity contribution in [2.75, 3.05) is 22.4 Å². The van der Waals surface area contributed by atoms with Gasteiger partial charge in [-0.2, -0.15) is 0 Å². The molecule has 0 aromatic heterocycles. The van der Waals surface area contributed by atoms with Crippen LogP contribution in [0.5, 0.6) is 0 Å². The number of nitrogens with one attached hydrogen (secondary N) is 1. The highest BCUT2D eigenvalue weighted by Crippen LogP contribution is 2.28. The second kappa shape index (κ2) is 8.35. The first-order chi connectivity index (χ1) is 12.6. The lowest BCUT2D eigenvalue weighted by Gasteiger charge is -2.25. The lowest BCUT2D eigenvalue weighted by atomic mass is 10.0. The molecular formula is C20H24N2O4S. The number of anilines is 2. The average molecular weight is 388 g/mol. The summed E-state index contributed by atoms with van der Waals surface area (Å²) in [5, 5.41) is 2.67. The standard InChI is InChI=1S/C20H24N2O4S/c1-14(2)18-7-5-6-8-19(18)22(27(4,25)26)13-20(24)21-17-11-9-16(10-12-17)15(3)23/h5-12,14H,13H2,1-4H3,(H,21,24). The first-order valence-electron chi connectivity index (χ1n) is 8.57. The van der Waals surface area contributed by atoms with Gasteiger partial charge in [0.25, 0.3) is 0 Å². The molecule has 7 heteroatoms. The highest BCUT2D eigenvalue weighted by atomic mass is 32.2. The molecule has 0 saturated heterocycles. The summed E-state index contributed by atoms with van der Waals surface area (Å²) in [7, 11) is -3.65. The number of carbonyl (C=O) groups excluding carboxylic acids is 2. The monoisotopic (exact) mass is 388 g/mol. The van der Waals surface area contributed by atoms with Gasteiger partial charge in [-0.15, -0.1) is 0 Å². The van der Waals surface area contributed by atoms with Crippen LogP contribution in [0.25, 0.3) is 0 Å². The Morgan fingerprint density at radius 1 is 1.04 bits per heavy atom. The maximum absolute atomic E-state index is 12.5. The van der Waals surface area contributed by atoms with Crippen LogP contribution in [-0.2, 0) is 14.8 Å². The fraction of sp³-hybridized carbons (Fsp3) is 0.300. The third-order valence-electron chi connectivity index (χ3n) is 4.09. The molecule has 1 amide bonds. The lowest BCUT2D eigenvalue weighted by molar-refractivity contribution is -0.114. The number of hydrogen-bond donors (Lipinski definition) is 1. The van der Waals surface area contributed by atoms with Crippen molar-refractivity contribution in [3.05, 3.63) is 59.7 Å². The number of carbonyl (C=O) groups is 2. The topological polar surface area (TPSA) is 83.6 Å². The molecule has 2 aromatic rings. The summed E-state index contributed by atoms with van der Waals surface area (Å²) in [4.78, 5) is 23.8. The average Bonchev–Trinajstić information content (AvgIpc) is 2.59. The minimum Gasteiger partial charge on any atom is -0.325 e. The second-order valence-electron chi connectivity index (χ2n) is 6.66. The highest BCUT2D eigenvalue weighted by Gasteiger charge is 2.24. The number of para-hydroxylation sites is 1. The van der Waals surface area contributed by atoms with Crippen molar-refractivity contribution >= 4 is 33.1 Å². The summed E-state index contributed by atoms with van der Waals surface area (Å²) >= 11 is 0. The number of benzene rings is 2. The molecule has 144 valence electrons. The zero-order chi connectivity index (χ0) is 20.2. The van der Waals surface area contributed by atoms with Crippen LogP contribution in [0.4, 0.5) is 11.4 Å². The minimum absolute atomic E-state index is 0.0681. The third kappa shape index (κ3) is 5.40. The summed E-state index contributed by atoms with van der Waals surface area (Å²) in [6.45, 7) is 5.06. The summed E-state index contributed by atoms with van der Waals surface area (Å²) in [6, 6.07) is 13.6. The van der Waals surface area contributed by atoms with Gasteiger partial charge in [-0.05, 0) is 48.7 Å². The number of amides is 1. The lowest BCUT2D eigenvalue weighted by Crippen LogP contribution is -2.38. The number of Topliss-reactive ketones (excluding diaryl/α,β-unsaturated/α-hetero) is 1. The van der Waals surface area contributed by atoms with Gasteiger partial charge in [-0.3, -0.25) is 13.9 Å². The van der Waals surface area contributed by atoms with Gasteiger partial charge in [-0.25, -0.2) is 8.42 Å². The van der Waals surface area contributed by atoms with E-state index in [4.69, 9.17) is 0 Å². The summed E-state index contributed by atoms with van der Waals surface area (Å²) < 4.78 is 25.8. The molecule has 0 unspecified atom stereocenters. The smallest absolute Gasteiger partial charge is 0.245 e. The second-order valence-corrected chi connectivity index (χ2v) is 8.57. The Labute approximate surface area is 160 Å². The molecule has 27 heavy (non-hydrogen) atoms. The van der Waals surface area contributed by atoms with E-state index in [2.05, 4.69) is 5.32 Å². The SMILES string of the molecule is CC(=O)c1ccc(NC(=O)CN(c2ccccc2C(C)C)S(C)(=O)=O)cc1. The fourth-order valence-electron chi connectivity index (χ4n) is 2.70. The van der Waals surface area contributed by atoms with Gasteiger partial charge in [-0.1, -0.05) is 32.0 Å². The number of sulfonamides is 1. The maximum Gasteiger partial charge on any atom is 0.245 e. The van der Waals surface area contributed by atoms with Crippen LogP contribution in [0.1, 0.15) is 42.6 Å². The van der Waals surface area contributed by atoms with E-state index in [1.807, 2.05) is 26.0 Å². The van der Waals surface area contributed by atoms with Crippen molar-refractivity contribution in [1.29, 1.82) is 0 Å². The predicted molar refractivity (Wildman–Crippen MR) is 108 cm³/mol. The summed E-state index contributed by atoms with van der Waals surface area (Å²) in [5.41, 5.74) is 2.38. The molecule has 0 radical (unpaired) electrons. The van der Waals surface area contributed by atoms with Gasteiger partial charge >= 0.3 is 0 Å². The van der Waals surface area contributed by atoms with Gasteiger partial charge in [0.1, 0.15) is 6.54 Å². The molecule has 0 aliphatic rings. The number of nitrogens with zero attached hydrogens (tertiary/aromatic N) is 1. The number of hydrogen-bond acceptors (Lipinski definition) is 4. The quantitative estimate of drug-likeness (QED) is 0.737. The maximum atomic E-state index is 12.5. The van der Waals surface area contributed by atoms with Crippen LogP contribution in [0.3, 0.4) is 0 Å². The zero-order valence-electron chi connectivity index (χ0n) is 15.9. The van der Waals surface area contributed by atoms with Crippen LogP contribution in [-0.4, -0.2) is 32.9 Å². The number of rotatable bonds is 7. The molecule has 0 fully saturated rings. The molecule has 0 heterocycles. The molecule has 0 spiro atoms. The fourth-order valence-corrected chi connectivity index (χ4v) is 3.58. The van der Waals surface area contributed by atoms with Gasteiger partial charge in [0.2, 0.25) is 15.9 Å². The van der Waals surface area contributed by atoms with Gasteiger partial charge in [0.05, 0.1) is 11.9 Å². The van der Waals surface area contributed by atoms with Gasteiger partial charge < -0.3 is 5.32 Å². The van der Waals surface area contributed by atoms with Crippen molar-refractivity contribution in [2.24, 2.45) is 0 Å².